The first-order chi connectivity index (χ1) is 18.9. The molecule has 39 heavy (non-hydrogen) atoms. The van der Waals surface area contributed by atoms with Gasteiger partial charge in [0, 0.05) is 36.9 Å². The molecule has 4 aliphatic rings. The maximum atomic E-state index is 4.92. The summed E-state index contributed by atoms with van der Waals surface area (Å²) in [5.41, 5.74) is 1.52. The summed E-state index contributed by atoms with van der Waals surface area (Å²) >= 11 is 0. The highest BCUT2D eigenvalue weighted by atomic mass is 15.2. The second-order valence-electron chi connectivity index (χ2n) is 14.6. The van der Waals surface area contributed by atoms with E-state index in [2.05, 4.69) is 60.5 Å². The van der Waals surface area contributed by atoms with Gasteiger partial charge in [0.1, 0.15) is 5.82 Å². The van der Waals surface area contributed by atoms with Crippen LogP contribution >= 0.6 is 0 Å². The second-order valence-corrected chi connectivity index (χ2v) is 14.6. The van der Waals surface area contributed by atoms with Gasteiger partial charge in [-0.05, 0) is 147 Å². The van der Waals surface area contributed by atoms with Crippen LogP contribution < -0.4 is 5.32 Å². The first-order valence-electron chi connectivity index (χ1n) is 17.1. The van der Waals surface area contributed by atoms with E-state index in [0.29, 0.717) is 6.04 Å². The fourth-order valence-electron chi connectivity index (χ4n) is 8.66. The highest BCUT2D eigenvalue weighted by molar-refractivity contribution is 5.10. The molecule has 3 saturated heterocycles. The Kier molecular flexibility index (Phi) is 10.5. The Morgan fingerprint density at radius 3 is 2.00 bits per heavy atom. The molecule has 1 N–H and O–H groups in total. The summed E-state index contributed by atoms with van der Waals surface area (Å²) in [7, 11) is 0. The van der Waals surface area contributed by atoms with Gasteiger partial charge in [-0.2, -0.15) is 0 Å². The SMILES string of the molecule is CC(CCC(C)C1CCn2c(cnc2CC2CCNCC2)C1)C1CCN(C(C)C2CCN(C(C)C)CC2)CC1. The first-order valence-corrected chi connectivity index (χ1v) is 17.1. The molecule has 0 saturated carbocycles. The maximum absolute atomic E-state index is 4.92. The third kappa shape index (κ3) is 7.49. The molecule has 5 heteroatoms. The summed E-state index contributed by atoms with van der Waals surface area (Å²) in [4.78, 5) is 10.4. The van der Waals surface area contributed by atoms with Gasteiger partial charge in [-0.25, -0.2) is 4.98 Å². The summed E-state index contributed by atoms with van der Waals surface area (Å²) < 4.78 is 2.59. The third-order valence-electron chi connectivity index (χ3n) is 12.0. The van der Waals surface area contributed by atoms with Crippen LogP contribution in [0.3, 0.4) is 0 Å². The molecule has 4 aliphatic heterocycles. The number of nitrogens with zero attached hydrogens (tertiary/aromatic N) is 4. The van der Waals surface area contributed by atoms with Gasteiger partial charge in [0.15, 0.2) is 0 Å². The Labute approximate surface area is 240 Å². The number of piperidine rings is 3. The number of aromatic nitrogens is 2. The fourth-order valence-corrected chi connectivity index (χ4v) is 8.66. The topological polar surface area (TPSA) is 36.3 Å². The maximum Gasteiger partial charge on any atom is 0.109 e. The quantitative estimate of drug-likeness (QED) is 0.381. The smallest absolute Gasteiger partial charge is 0.109 e. The standard InChI is InChI=1S/C34H61N5/c1-25(2)37-17-12-31(13-18-37)28(5)38-19-10-30(11-20-38)26(3)6-7-27(4)32-14-21-39-33(23-32)24-36-34(39)22-29-8-15-35-16-9-29/h24-32,35H,6-23H2,1-5H3. The lowest BCUT2D eigenvalue weighted by atomic mass is 9.77. The van der Waals surface area contributed by atoms with Crippen molar-refractivity contribution in [1.82, 2.24) is 24.7 Å². The lowest BCUT2D eigenvalue weighted by Gasteiger charge is -2.44. The van der Waals surface area contributed by atoms with Gasteiger partial charge in [0.2, 0.25) is 0 Å². The Bertz CT molecular complexity index is 857. The van der Waals surface area contributed by atoms with Gasteiger partial charge in [0.05, 0.1) is 0 Å². The molecule has 3 fully saturated rings. The number of hydrogen-bond acceptors (Lipinski definition) is 4. The summed E-state index contributed by atoms with van der Waals surface area (Å²) in [5.74, 6) is 6.60. The Hall–Kier alpha value is -0.910. The van der Waals surface area contributed by atoms with Crippen molar-refractivity contribution in [3.63, 3.8) is 0 Å². The van der Waals surface area contributed by atoms with Gasteiger partial charge >= 0.3 is 0 Å². The molecular formula is C34H61N5. The summed E-state index contributed by atoms with van der Waals surface area (Å²) in [6, 6.07) is 1.49. The van der Waals surface area contributed by atoms with Crippen LogP contribution in [0.25, 0.3) is 0 Å². The molecule has 0 amide bonds. The van der Waals surface area contributed by atoms with Crippen molar-refractivity contribution in [2.45, 2.75) is 124 Å². The largest absolute Gasteiger partial charge is 0.332 e. The molecule has 5 nitrogen and oxygen atoms in total. The molecule has 1 aromatic heterocycles. The van der Waals surface area contributed by atoms with Crippen LogP contribution in [0.1, 0.15) is 104 Å². The van der Waals surface area contributed by atoms with E-state index in [0.717, 1.165) is 41.5 Å². The Balaban J connectivity index is 1.01. The van der Waals surface area contributed by atoms with Crippen LogP contribution in [0.4, 0.5) is 0 Å². The zero-order chi connectivity index (χ0) is 27.4. The van der Waals surface area contributed by atoms with Gasteiger partial charge in [-0.1, -0.05) is 26.7 Å². The van der Waals surface area contributed by atoms with E-state index in [9.17, 15) is 0 Å². The average Bonchev–Trinajstić information content (AvgIpc) is 3.37. The lowest BCUT2D eigenvalue weighted by Crippen LogP contribution is -2.48. The van der Waals surface area contributed by atoms with E-state index < -0.39 is 0 Å². The van der Waals surface area contributed by atoms with Crippen molar-refractivity contribution in [2.24, 2.45) is 35.5 Å². The molecule has 4 unspecified atom stereocenters. The summed E-state index contributed by atoms with van der Waals surface area (Å²) in [6.45, 7) is 21.2. The number of hydrogen-bond donors (Lipinski definition) is 1. The van der Waals surface area contributed by atoms with E-state index in [1.807, 2.05) is 0 Å². The number of likely N-dealkylation sites (tertiary alicyclic amines) is 2. The molecule has 4 atom stereocenters. The van der Waals surface area contributed by atoms with Crippen LogP contribution in [-0.4, -0.2) is 70.7 Å². The molecule has 0 bridgehead atoms. The third-order valence-corrected chi connectivity index (χ3v) is 12.0. The molecular weight excluding hydrogens is 478 g/mol. The summed E-state index contributed by atoms with van der Waals surface area (Å²) in [5, 5.41) is 3.51. The van der Waals surface area contributed by atoms with E-state index in [1.54, 1.807) is 0 Å². The predicted octanol–water partition coefficient (Wildman–Crippen LogP) is 6.26. The molecule has 1 aromatic rings. The van der Waals surface area contributed by atoms with Crippen LogP contribution in [0, 0.1) is 35.5 Å². The lowest BCUT2D eigenvalue weighted by molar-refractivity contribution is 0.0528. The minimum atomic E-state index is 0.713. The van der Waals surface area contributed by atoms with Crippen LogP contribution in [-0.2, 0) is 19.4 Å². The van der Waals surface area contributed by atoms with Crippen LogP contribution in [0.2, 0.25) is 0 Å². The Morgan fingerprint density at radius 2 is 1.33 bits per heavy atom. The first kappa shape index (κ1) is 29.6. The Morgan fingerprint density at radius 1 is 0.744 bits per heavy atom. The number of rotatable bonds is 10. The zero-order valence-electron chi connectivity index (χ0n) is 26.2. The molecule has 5 rings (SSSR count). The molecule has 0 radical (unpaired) electrons. The predicted molar refractivity (Wildman–Crippen MR) is 164 cm³/mol. The molecule has 0 aliphatic carbocycles. The molecule has 0 spiro atoms. The minimum absolute atomic E-state index is 0.713. The van der Waals surface area contributed by atoms with E-state index in [1.165, 1.54) is 128 Å². The average molecular weight is 540 g/mol. The fraction of sp³-hybridized carbons (Fsp3) is 0.912. The highest BCUT2D eigenvalue weighted by Crippen LogP contribution is 2.36. The van der Waals surface area contributed by atoms with E-state index in [4.69, 9.17) is 4.98 Å². The number of imidazole rings is 1. The monoisotopic (exact) mass is 539 g/mol. The molecule has 0 aromatic carbocycles. The van der Waals surface area contributed by atoms with Gasteiger partial charge in [-0.3, -0.25) is 0 Å². The highest BCUT2D eigenvalue weighted by Gasteiger charge is 2.33. The van der Waals surface area contributed by atoms with Crippen molar-refractivity contribution >= 4 is 0 Å². The number of fused-ring (bicyclic) bond motifs is 1. The second kappa shape index (κ2) is 13.8. The van der Waals surface area contributed by atoms with Gasteiger partial charge in [0.25, 0.3) is 0 Å². The van der Waals surface area contributed by atoms with Crippen molar-refractivity contribution < 1.29 is 0 Å². The van der Waals surface area contributed by atoms with Gasteiger partial charge in [-0.15, -0.1) is 0 Å². The van der Waals surface area contributed by atoms with Gasteiger partial charge < -0.3 is 19.7 Å². The van der Waals surface area contributed by atoms with Crippen molar-refractivity contribution in [1.29, 1.82) is 0 Å². The van der Waals surface area contributed by atoms with E-state index >= 15 is 0 Å². The van der Waals surface area contributed by atoms with E-state index in [-0.39, 0.29) is 0 Å². The zero-order valence-corrected chi connectivity index (χ0v) is 26.2. The molecule has 222 valence electrons. The summed E-state index contributed by atoms with van der Waals surface area (Å²) in [6.07, 6.45) is 17.1. The van der Waals surface area contributed by atoms with Crippen molar-refractivity contribution in [3.8, 4) is 0 Å². The number of nitrogens with one attached hydrogen (secondary N) is 1. The van der Waals surface area contributed by atoms with Crippen molar-refractivity contribution in [2.75, 3.05) is 39.3 Å². The minimum Gasteiger partial charge on any atom is -0.332 e. The van der Waals surface area contributed by atoms with Crippen molar-refractivity contribution in [3.05, 3.63) is 17.7 Å². The normalized spacial score (nSPS) is 27.5. The molecule has 5 heterocycles. The van der Waals surface area contributed by atoms with Crippen LogP contribution in [0.5, 0.6) is 0 Å². The van der Waals surface area contributed by atoms with Crippen LogP contribution in [0.15, 0.2) is 6.20 Å².